The zero-order valence-electron chi connectivity index (χ0n) is 25.3. The minimum atomic E-state index is -0.512. The van der Waals surface area contributed by atoms with Crippen LogP contribution in [0.25, 0.3) is 33.4 Å². The van der Waals surface area contributed by atoms with E-state index in [1.807, 2.05) is 48.7 Å². The summed E-state index contributed by atoms with van der Waals surface area (Å²) in [6, 6.07) is 23.9. The first-order valence-electron chi connectivity index (χ1n) is 15.1. The van der Waals surface area contributed by atoms with Crippen LogP contribution in [0.2, 0.25) is 5.15 Å². The van der Waals surface area contributed by atoms with E-state index in [2.05, 4.69) is 77.7 Å². The van der Waals surface area contributed by atoms with Crippen molar-refractivity contribution in [3.05, 3.63) is 107 Å². The highest BCUT2D eigenvalue weighted by Crippen LogP contribution is 2.30. The predicted octanol–water partition coefficient (Wildman–Crippen LogP) is 6.13. The molecular weight excluding hydrogens is 588 g/mol. The summed E-state index contributed by atoms with van der Waals surface area (Å²) in [5, 5.41) is 19.1. The van der Waals surface area contributed by atoms with Crippen molar-refractivity contribution in [3.63, 3.8) is 0 Å². The number of nitrogens with zero attached hydrogens (tertiary/aromatic N) is 5. The van der Waals surface area contributed by atoms with Crippen LogP contribution in [0.1, 0.15) is 42.4 Å². The lowest BCUT2D eigenvalue weighted by Gasteiger charge is -2.17. The molecule has 1 unspecified atom stereocenters. The predicted molar refractivity (Wildman–Crippen MR) is 175 cm³/mol. The summed E-state index contributed by atoms with van der Waals surface area (Å²) in [6.45, 7) is 2.72. The number of aromatic amines is 2. The van der Waals surface area contributed by atoms with Gasteiger partial charge in [-0.1, -0.05) is 91.7 Å². The molecule has 0 amide bonds. The molecular formula is C34H35ClN8O2. The van der Waals surface area contributed by atoms with Gasteiger partial charge in [0.25, 0.3) is 0 Å². The van der Waals surface area contributed by atoms with Gasteiger partial charge in [0.15, 0.2) is 5.15 Å². The Morgan fingerprint density at radius 1 is 1.04 bits per heavy atom. The van der Waals surface area contributed by atoms with Crippen molar-refractivity contribution in [2.45, 2.75) is 51.8 Å². The van der Waals surface area contributed by atoms with Gasteiger partial charge in [-0.05, 0) is 47.0 Å². The lowest BCUT2D eigenvalue weighted by Crippen LogP contribution is -2.37. The minimum Gasteiger partial charge on any atom is -0.458 e. The smallest absolute Gasteiger partial charge is 0.323 e. The van der Waals surface area contributed by atoms with E-state index >= 15 is 0 Å². The molecule has 3 aromatic carbocycles. The molecule has 10 nitrogen and oxygen atoms in total. The quantitative estimate of drug-likeness (QED) is 0.132. The molecule has 6 rings (SSSR count). The van der Waals surface area contributed by atoms with E-state index in [0.717, 1.165) is 63.8 Å². The van der Waals surface area contributed by atoms with Crippen LogP contribution in [0.3, 0.4) is 0 Å². The summed E-state index contributed by atoms with van der Waals surface area (Å²) in [6.07, 6.45) is 5.23. The molecule has 45 heavy (non-hydrogen) atoms. The number of ether oxygens (including phenoxy) is 1. The molecule has 3 aromatic heterocycles. The summed E-state index contributed by atoms with van der Waals surface area (Å²) in [4.78, 5) is 21.2. The number of hydrogen-bond acceptors (Lipinski definition) is 7. The number of nitrogens with one attached hydrogen (secondary N) is 3. The van der Waals surface area contributed by atoms with Crippen LogP contribution in [0.4, 0.5) is 0 Å². The van der Waals surface area contributed by atoms with Crippen LogP contribution in [-0.4, -0.2) is 54.2 Å². The third kappa shape index (κ3) is 6.67. The number of halogens is 1. The molecule has 0 fully saturated rings. The Balaban J connectivity index is 1.20. The van der Waals surface area contributed by atoms with E-state index in [9.17, 15) is 4.79 Å². The monoisotopic (exact) mass is 622 g/mol. The molecule has 230 valence electrons. The summed E-state index contributed by atoms with van der Waals surface area (Å²) in [5.41, 5.74) is 6.80. The van der Waals surface area contributed by atoms with Gasteiger partial charge in [0.2, 0.25) is 5.82 Å². The number of H-pyrrole nitrogens is 2. The minimum absolute atomic E-state index is 0.0268. The average Bonchev–Trinajstić information content (AvgIpc) is 3.82. The van der Waals surface area contributed by atoms with E-state index < -0.39 is 6.04 Å². The van der Waals surface area contributed by atoms with E-state index in [-0.39, 0.29) is 12.6 Å². The Morgan fingerprint density at radius 3 is 2.58 bits per heavy atom. The molecule has 0 bridgehead atoms. The van der Waals surface area contributed by atoms with Crippen LogP contribution < -0.4 is 5.32 Å². The number of imidazole rings is 1. The molecule has 3 N–H and O–H groups in total. The van der Waals surface area contributed by atoms with Crippen molar-refractivity contribution in [1.29, 1.82) is 0 Å². The molecule has 11 heteroatoms. The summed E-state index contributed by atoms with van der Waals surface area (Å²) >= 11 is 6.68. The summed E-state index contributed by atoms with van der Waals surface area (Å²) in [5.74, 6) is 1.08. The first kappa shape index (κ1) is 30.2. The van der Waals surface area contributed by atoms with Gasteiger partial charge in [-0.3, -0.25) is 4.79 Å². The topological polar surface area (TPSA) is 126 Å². The van der Waals surface area contributed by atoms with Crippen LogP contribution in [0.15, 0.2) is 79.0 Å². The second-order valence-electron chi connectivity index (χ2n) is 10.9. The van der Waals surface area contributed by atoms with Crippen molar-refractivity contribution >= 4 is 28.5 Å². The maximum Gasteiger partial charge on any atom is 0.323 e. The highest BCUT2D eigenvalue weighted by atomic mass is 35.5. The van der Waals surface area contributed by atoms with Crippen LogP contribution in [0, 0.1) is 0 Å². The van der Waals surface area contributed by atoms with Gasteiger partial charge in [0.05, 0.1) is 5.69 Å². The lowest BCUT2D eigenvalue weighted by molar-refractivity contribution is -0.147. The van der Waals surface area contributed by atoms with Gasteiger partial charge in [0, 0.05) is 42.0 Å². The molecule has 0 aliphatic heterocycles. The van der Waals surface area contributed by atoms with Gasteiger partial charge in [0.1, 0.15) is 18.5 Å². The maximum absolute atomic E-state index is 13.3. The number of tetrazole rings is 1. The molecule has 0 saturated carbocycles. The van der Waals surface area contributed by atoms with Crippen LogP contribution in [-0.2, 0) is 35.5 Å². The molecule has 1 atom stereocenters. The molecule has 0 aliphatic carbocycles. The molecule has 0 radical (unpaired) electrons. The Morgan fingerprint density at radius 2 is 1.82 bits per heavy atom. The Kier molecular flexibility index (Phi) is 9.33. The van der Waals surface area contributed by atoms with Gasteiger partial charge < -0.3 is 19.6 Å². The lowest BCUT2D eigenvalue weighted by atomic mass is 9.98. The largest absolute Gasteiger partial charge is 0.458 e. The third-order valence-corrected chi connectivity index (χ3v) is 8.36. The Hall–Kier alpha value is -4.80. The van der Waals surface area contributed by atoms with E-state index in [1.165, 1.54) is 0 Å². The number of rotatable bonds is 13. The van der Waals surface area contributed by atoms with Crippen molar-refractivity contribution in [1.82, 2.24) is 40.5 Å². The number of benzene rings is 3. The van der Waals surface area contributed by atoms with E-state index in [4.69, 9.17) is 16.3 Å². The van der Waals surface area contributed by atoms with Crippen molar-refractivity contribution in [3.8, 4) is 22.5 Å². The van der Waals surface area contributed by atoms with Gasteiger partial charge >= 0.3 is 5.97 Å². The Bertz CT molecular complexity index is 1880. The number of para-hydroxylation sites is 1. The first-order valence-corrected chi connectivity index (χ1v) is 15.5. The molecule has 3 heterocycles. The summed E-state index contributed by atoms with van der Waals surface area (Å²) in [7, 11) is 1.77. The molecule has 0 spiro atoms. The SMILES string of the molecule is CCCCc1nc(Cl)c(COC(=O)C(Cc2c[nH]c3ccccc23)NC)n1Cc1ccc(-c2ccccc2-c2nn[nH]n2)cc1. The number of likely N-dealkylation sites (N-methyl/N-ethyl adjacent to an activating group) is 1. The van der Waals surface area contributed by atoms with Crippen molar-refractivity contribution in [2.75, 3.05) is 7.05 Å². The first-order chi connectivity index (χ1) is 22.1. The van der Waals surface area contributed by atoms with Crippen LogP contribution >= 0.6 is 11.6 Å². The van der Waals surface area contributed by atoms with Gasteiger partial charge in [-0.15, -0.1) is 10.2 Å². The van der Waals surface area contributed by atoms with E-state index in [0.29, 0.717) is 29.6 Å². The average molecular weight is 623 g/mol. The van der Waals surface area contributed by atoms with E-state index in [1.54, 1.807) is 7.05 Å². The second-order valence-corrected chi connectivity index (χ2v) is 11.3. The van der Waals surface area contributed by atoms with Crippen LogP contribution in [0.5, 0.6) is 0 Å². The third-order valence-electron chi connectivity index (χ3n) is 8.06. The second kappa shape index (κ2) is 13.9. The normalized spacial score (nSPS) is 12.1. The van der Waals surface area contributed by atoms with Crippen molar-refractivity contribution < 1.29 is 9.53 Å². The highest BCUT2D eigenvalue weighted by molar-refractivity contribution is 6.30. The molecule has 0 saturated heterocycles. The van der Waals surface area contributed by atoms with Gasteiger partial charge in [-0.25, -0.2) is 4.98 Å². The number of fused-ring (bicyclic) bond motifs is 1. The number of aromatic nitrogens is 7. The number of carbonyl (C=O) groups is 1. The number of aryl methyl sites for hydroxylation is 1. The fourth-order valence-electron chi connectivity index (χ4n) is 5.60. The number of carbonyl (C=O) groups excluding carboxylic acids is 1. The number of unbranched alkanes of at least 4 members (excludes halogenated alkanes) is 1. The Labute approximate surface area is 266 Å². The number of hydrogen-bond donors (Lipinski definition) is 3. The fraction of sp³-hybridized carbons (Fsp3) is 0.265. The summed E-state index contributed by atoms with van der Waals surface area (Å²) < 4.78 is 7.95. The zero-order chi connectivity index (χ0) is 31.2. The van der Waals surface area contributed by atoms with Gasteiger partial charge in [-0.2, -0.15) is 5.21 Å². The van der Waals surface area contributed by atoms with Crippen molar-refractivity contribution in [2.24, 2.45) is 0 Å². The highest BCUT2D eigenvalue weighted by Gasteiger charge is 2.23. The molecule has 0 aliphatic rings. The maximum atomic E-state index is 13.3. The number of esters is 1. The molecule has 6 aromatic rings. The zero-order valence-corrected chi connectivity index (χ0v) is 26.0. The standard InChI is InChI=1S/C34H35ClN8O2/c1-3-4-13-31-38-32(35)30(21-45-34(44)29(36-2)18-24-19-37-28-12-8-7-10-26(24)28)43(31)20-22-14-16-23(17-15-22)25-9-5-6-11-27(25)33-39-41-42-40-33/h5-12,14-17,19,29,36-37H,3-4,13,18,20-21H2,1-2H3,(H,39,40,41,42). The fourth-order valence-corrected chi connectivity index (χ4v) is 5.85.